The molecule has 0 aliphatic heterocycles. The topological polar surface area (TPSA) is 20.2 Å². The molecular formula is C10H20O. The molecule has 0 aromatic heterocycles. The Bertz CT molecular complexity index is 115. The second-order valence-electron chi connectivity index (χ2n) is 4.24. The summed E-state index contributed by atoms with van der Waals surface area (Å²) >= 11 is 0. The van der Waals surface area contributed by atoms with E-state index in [1.54, 1.807) is 0 Å². The molecule has 0 aromatic rings. The van der Waals surface area contributed by atoms with Crippen molar-refractivity contribution in [1.82, 2.24) is 0 Å². The van der Waals surface area contributed by atoms with Gasteiger partial charge in [0, 0.05) is 0 Å². The van der Waals surface area contributed by atoms with Gasteiger partial charge < -0.3 is 5.11 Å². The maximum absolute atomic E-state index is 9.80. The van der Waals surface area contributed by atoms with Gasteiger partial charge in [0.1, 0.15) is 0 Å². The maximum Gasteiger partial charge on any atom is 0.0625 e. The zero-order chi connectivity index (χ0) is 8.48. The lowest BCUT2D eigenvalue weighted by Crippen LogP contribution is -2.18. The van der Waals surface area contributed by atoms with E-state index in [-0.39, 0.29) is 5.60 Å². The standard InChI is InChI=1S/C10H20O/c1-4-8-6-10(3,11)7-9(8)5-2/h8-9,11H,4-7H2,1-3H3. The Morgan fingerprint density at radius 1 is 1.18 bits per heavy atom. The highest BCUT2D eigenvalue weighted by atomic mass is 16.3. The predicted molar refractivity (Wildman–Crippen MR) is 47.4 cm³/mol. The Balaban J connectivity index is 2.55. The molecule has 11 heavy (non-hydrogen) atoms. The first kappa shape index (κ1) is 9.05. The third kappa shape index (κ3) is 1.96. The minimum absolute atomic E-state index is 0.360. The summed E-state index contributed by atoms with van der Waals surface area (Å²) in [6, 6.07) is 0. The smallest absolute Gasteiger partial charge is 0.0625 e. The maximum atomic E-state index is 9.80. The molecular weight excluding hydrogens is 136 g/mol. The summed E-state index contributed by atoms with van der Waals surface area (Å²) in [6.07, 6.45) is 4.49. The first-order chi connectivity index (χ1) is 5.09. The van der Waals surface area contributed by atoms with Crippen molar-refractivity contribution in [1.29, 1.82) is 0 Å². The van der Waals surface area contributed by atoms with E-state index in [2.05, 4.69) is 13.8 Å². The molecule has 1 aliphatic carbocycles. The van der Waals surface area contributed by atoms with Gasteiger partial charge >= 0.3 is 0 Å². The van der Waals surface area contributed by atoms with Crippen LogP contribution < -0.4 is 0 Å². The van der Waals surface area contributed by atoms with Crippen LogP contribution in [0, 0.1) is 11.8 Å². The fraction of sp³-hybridized carbons (Fsp3) is 1.00. The van der Waals surface area contributed by atoms with Gasteiger partial charge in [0.05, 0.1) is 5.60 Å². The first-order valence-electron chi connectivity index (χ1n) is 4.81. The average molecular weight is 156 g/mol. The summed E-state index contributed by atoms with van der Waals surface area (Å²) in [5, 5.41) is 9.80. The lowest BCUT2D eigenvalue weighted by molar-refractivity contribution is 0.0607. The van der Waals surface area contributed by atoms with Gasteiger partial charge in [-0.2, -0.15) is 0 Å². The van der Waals surface area contributed by atoms with Crippen LogP contribution in [0.2, 0.25) is 0 Å². The van der Waals surface area contributed by atoms with Gasteiger partial charge in [-0.15, -0.1) is 0 Å². The van der Waals surface area contributed by atoms with Crippen LogP contribution in [0.15, 0.2) is 0 Å². The molecule has 1 aliphatic rings. The van der Waals surface area contributed by atoms with Crippen molar-refractivity contribution in [2.45, 2.75) is 52.1 Å². The molecule has 1 nitrogen and oxygen atoms in total. The average Bonchev–Trinajstić information content (AvgIpc) is 2.25. The second-order valence-corrected chi connectivity index (χ2v) is 4.24. The quantitative estimate of drug-likeness (QED) is 0.651. The third-order valence-corrected chi connectivity index (χ3v) is 3.12. The molecule has 0 spiro atoms. The number of hydrogen-bond donors (Lipinski definition) is 1. The van der Waals surface area contributed by atoms with Gasteiger partial charge in [-0.05, 0) is 31.6 Å². The van der Waals surface area contributed by atoms with Crippen molar-refractivity contribution >= 4 is 0 Å². The predicted octanol–water partition coefficient (Wildman–Crippen LogP) is 2.58. The van der Waals surface area contributed by atoms with Crippen molar-refractivity contribution in [2.75, 3.05) is 0 Å². The highest BCUT2D eigenvalue weighted by Crippen LogP contribution is 2.42. The van der Waals surface area contributed by atoms with Crippen LogP contribution in [0.25, 0.3) is 0 Å². The van der Waals surface area contributed by atoms with Gasteiger partial charge in [0.15, 0.2) is 0 Å². The lowest BCUT2D eigenvalue weighted by Gasteiger charge is -2.14. The van der Waals surface area contributed by atoms with E-state index >= 15 is 0 Å². The van der Waals surface area contributed by atoms with Gasteiger partial charge in [-0.3, -0.25) is 0 Å². The Hall–Kier alpha value is -0.0400. The fourth-order valence-corrected chi connectivity index (χ4v) is 2.50. The van der Waals surface area contributed by atoms with Crippen LogP contribution in [0.1, 0.15) is 46.5 Å². The molecule has 2 atom stereocenters. The van der Waals surface area contributed by atoms with Crippen molar-refractivity contribution < 1.29 is 5.11 Å². The monoisotopic (exact) mass is 156 g/mol. The fourth-order valence-electron chi connectivity index (χ4n) is 2.50. The van der Waals surface area contributed by atoms with Crippen molar-refractivity contribution in [3.63, 3.8) is 0 Å². The summed E-state index contributed by atoms with van der Waals surface area (Å²) in [5.41, 5.74) is -0.360. The number of hydrogen-bond acceptors (Lipinski definition) is 1. The van der Waals surface area contributed by atoms with E-state index < -0.39 is 0 Å². The van der Waals surface area contributed by atoms with Gasteiger partial charge in [0.2, 0.25) is 0 Å². The zero-order valence-electron chi connectivity index (χ0n) is 7.93. The van der Waals surface area contributed by atoms with Crippen LogP contribution in [-0.2, 0) is 0 Å². The van der Waals surface area contributed by atoms with Crippen LogP contribution in [0.4, 0.5) is 0 Å². The van der Waals surface area contributed by atoms with E-state index in [9.17, 15) is 5.11 Å². The highest BCUT2D eigenvalue weighted by molar-refractivity contribution is 4.90. The second kappa shape index (κ2) is 3.14. The SMILES string of the molecule is CCC1CC(C)(O)CC1CC. The largest absolute Gasteiger partial charge is 0.390 e. The van der Waals surface area contributed by atoms with Crippen LogP contribution in [0.3, 0.4) is 0 Å². The molecule has 0 saturated heterocycles. The molecule has 0 radical (unpaired) electrons. The van der Waals surface area contributed by atoms with E-state index in [1.807, 2.05) is 6.92 Å². The Morgan fingerprint density at radius 2 is 1.55 bits per heavy atom. The third-order valence-electron chi connectivity index (χ3n) is 3.12. The van der Waals surface area contributed by atoms with Crippen LogP contribution in [0.5, 0.6) is 0 Å². The minimum atomic E-state index is -0.360. The molecule has 1 saturated carbocycles. The van der Waals surface area contributed by atoms with Gasteiger partial charge in [0.25, 0.3) is 0 Å². The Labute approximate surface area is 69.8 Å². The Kier molecular flexibility index (Phi) is 2.58. The van der Waals surface area contributed by atoms with Crippen molar-refractivity contribution in [3.8, 4) is 0 Å². The molecule has 0 amide bonds. The molecule has 0 heterocycles. The highest BCUT2D eigenvalue weighted by Gasteiger charge is 2.38. The van der Waals surface area contributed by atoms with E-state index in [4.69, 9.17) is 0 Å². The molecule has 0 aromatic carbocycles. The molecule has 2 unspecified atom stereocenters. The van der Waals surface area contributed by atoms with E-state index in [1.165, 1.54) is 12.8 Å². The summed E-state index contributed by atoms with van der Waals surface area (Å²) in [5.74, 6) is 1.55. The number of rotatable bonds is 2. The summed E-state index contributed by atoms with van der Waals surface area (Å²) in [6.45, 7) is 6.44. The van der Waals surface area contributed by atoms with Crippen LogP contribution >= 0.6 is 0 Å². The number of aliphatic hydroxyl groups is 1. The first-order valence-corrected chi connectivity index (χ1v) is 4.81. The molecule has 1 rings (SSSR count). The lowest BCUT2D eigenvalue weighted by atomic mass is 9.92. The normalized spacial score (nSPS) is 44.7. The zero-order valence-corrected chi connectivity index (χ0v) is 7.93. The van der Waals surface area contributed by atoms with Gasteiger partial charge in [-0.25, -0.2) is 0 Å². The van der Waals surface area contributed by atoms with Gasteiger partial charge in [-0.1, -0.05) is 26.7 Å². The summed E-state index contributed by atoms with van der Waals surface area (Å²) in [4.78, 5) is 0. The molecule has 1 N–H and O–H groups in total. The van der Waals surface area contributed by atoms with Crippen LogP contribution in [-0.4, -0.2) is 10.7 Å². The molecule has 66 valence electrons. The summed E-state index contributed by atoms with van der Waals surface area (Å²) in [7, 11) is 0. The summed E-state index contributed by atoms with van der Waals surface area (Å²) < 4.78 is 0. The molecule has 0 bridgehead atoms. The van der Waals surface area contributed by atoms with E-state index in [0.29, 0.717) is 0 Å². The molecule has 1 fully saturated rings. The van der Waals surface area contributed by atoms with E-state index in [0.717, 1.165) is 24.7 Å². The van der Waals surface area contributed by atoms with Crippen molar-refractivity contribution in [3.05, 3.63) is 0 Å². The molecule has 1 heteroatoms. The minimum Gasteiger partial charge on any atom is -0.390 e. The Morgan fingerprint density at radius 3 is 1.82 bits per heavy atom. The van der Waals surface area contributed by atoms with Crippen molar-refractivity contribution in [2.24, 2.45) is 11.8 Å².